The minimum absolute atomic E-state index is 0.0578. The monoisotopic (exact) mass is 224 g/mol. The Kier molecular flexibility index (Phi) is 5.23. The number of nitrogens with two attached hydrogens (primary N) is 1. The maximum Gasteiger partial charge on any atom is 0.239 e. The third-order valence-corrected chi connectivity index (χ3v) is 2.98. The Morgan fingerprint density at radius 1 is 1.44 bits per heavy atom. The zero-order valence-corrected chi connectivity index (χ0v) is 9.85. The van der Waals surface area contributed by atoms with Gasteiger partial charge >= 0.3 is 0 Å². The van der Waals surface area contributed by atoms with Crippen molar-refractivity contribution in [2.45, 2.75) is 25.8 Å². The molecule has 1 rings (SSSR count). The molecule has 90 valence electrons. The number of rotatable bonds is 4. The second-order valence-electron chi connectivity index (χ2n) is 4.09. The molecule has 0 aromatic rings. The van der Waals surface area contributed by atoms with E-state index in [2.05, 4.69) is 11.0 Å². The van der Waals surface area contributed by atoms with Gasteiger partial charge in [-0.1, -0.05) is 6.92 Å². The molecular weight excluding hydrogens is 204 g/mol. The highest BCUT2D eigenvalue weighted by molar-refractivity contribution is 5.81. The van der Waals surface area contributed by atoms with E-state index in [4.69, 9.17) is 11.0 Å². The first-order valence-corrected chi connectivity index (χ1v) is 5.82. The summed E-state index contributed by atoms with van der Waals surface area (Å²) in [6.07, 6.45) is 1.25. The number of hydrogen-bond donors (Lipinski definition) is 1. The largest absolute Gasteiger partial charge is 0.339 e. The zero-order chi connectivity index (χ0) is 12.0. The molecule has 16 heavy (non-hydrogen) atoms. The van der Waals surface area contributed by atoms with Gasteiger partial charge in [0.2, 0.25) is 5.91 Å². The number of hydrogen-bond acceptors (Lipinski definition) is 4. The molecule has 0 aromatic carbocycles. The van der Waals surface area contributed by atoms with E-state index >= 15 is 0 Å². The normalized spacial score (nSPS) is 19.2. The molecule has 1 atom stereocenters. The number of nitrogens with zero attached hydrogens (tertiary/aromatic N) is 3. The molecule has 0 saturated carbocycles. The van der Waals surface area contributed by atoms with Crippen molar-refractivity contribution in [3.8, 4) is 6.07 Å². The summed E-state index contributed by atoms with van der Waals surface area (Å²) >= 11 is 0. The maximum absolute atomic E-state index is 11.8. The van der Waals surface area contributed by atoms with Gasteiger partial charge < -0.3 is 10.6 Å². The second kappa shape index (κ2) is 6.46. The number of carbonyl (C=O) groups is 1. The van der Waals surface area contributed by atoms with Crippen LogP contribution in [0.4, 0.5) is 0 Å². The molecule has 1 unspecified atom stereocenters. The van der Waals surface area contributed by atoms with Crippen molar-refractivity contribution < 1.29 is 4.79 Å². The number of carbonyl (C=O) groups excluding carboxylic acids is 1. The Morgan fingerprint density at radius 3 is 2.56 bits per heavy atom. The summed E-state index contributed by atoms with van der Waals surface area (Å²) in [4.78, 5) is 15.8. The lowest BCUT2D eigenvalue weighted by Gasteiger charge is -2.35. The first kappa shape index (κ1) is 12.9. The molecule has 1 fully saturated rings. The van der Waals surface area contributed by atoms with Crippen molar-refractivity contribution in [1.82, 2.24) is 9.80 Å². The molecule has 2 N–H and O–H groups in total. The van der Waals surface area contributed by atoms with Crippen LogP contribution in [-0.4, -0.2) is 54.5 Å². The fraction of sp³-hybridized carbons (Fsp3) is 0.818. The molecule has 5 nitrogen and oxygen atoms in total. The molecule has 1 aliphatic heterocycles. The molecule has 0 aliphatic carbocycles. The number of amides is 1. The van der Waals surface area contributed by atoms with Crippen molar-refractivity contribution in [2.75, 3.05) is 32.7 Å². The van der Waals surface area contributed by atoms with Crippen LogP contribution < -0.4 is 5.73 Å². The van der Waals surface area contributed by atoms with Crippen LogP contribution in [0, 0.1) is 11.3 Å². The van der Waals surface area contributed by atoms with Gasteiger partial charge in [0, 0.05) is 39.1 Å². The Morgan fingerprint density at radius 2 is 2.06 bits per heavy atom. The first-order chi connectivity index (χ1) is 7.69. The van der Waals surface area contributed by atoms with Gasteiger partial charge in [0.25, 0.3) is 0 Å². The van der Waals surface area contributed by atoms with Crippen molar-refractivity contribution >= 4 is 5.91 Å². The maximum atomic E-state index is 11.8. The molecule has 1 aliphatic rings. The summed E-state index contributed by atoms with van der Waals surface area (Å²) in [5.41, 5.74) is 5.71. The zero-order valence-electron chi connectivity index (χ0n) is 9.85. The minimum Gasteiger partial charge on any atom is -0.339 e. The summed E-state index contributed by atoms with van der Waals surface area (Å²) in [7, 11) is 0. The van der Waals surface area contributed by atoms with Crippen LogP contribution in [0.2, 0.25) is 0 Å². The van der Waals surface area contributed by atoms with E-state index in [1.165, 1.54) is 0 Å². The van der Waals surface area contributed by atoms with Gasteiger partial charge in [-0.25, -0.2) is 0 Å². The van der Waals surface area contributed by atoms with Crippen LogP contribution in [0.3, 0.4) is 0 Å². The van der Waals surface area contributed by atoms with Gasteiger partial charge in [0.15, 0.2) is 0 Å². The van der Waals surface area contributed by atoms with Crippen LogP contribution in [0.1, 0.15) is 19.8 Å². The number of nitriles is 1. The Labute approximate surface area is 96.8 Å². The molecule has 1 saturated heterocycles. The van der Waals surface area contributed by atoms with Crippen LogP contribution in [0.25, 0.3) is 0 Å². The van der Waals surface area contributed by atoms with E-state index in [-0.39, 0.29) is 11.9 Å². The molecular formula is C11H20N4O. The highest BCUT2D eigenvalue weighted by Crippen LogP contribution is 2.05. The predicted octanol–water partition coefficient (Wildman–Crippen LogP) is -0.218. The molecule has 0 radical (unpaired) electrons. The summed E-state index contributed by atoms with van der Waals surface area (Å²) in [5.74, 6) is 0.0578. The molecule has 5 heteroatoms. The van der Waals surface area contributed by atoms with E-state index < -0.39 is 0 Å². The summed E-state index contributed by atoms with van der Waals surface area (Å²) < 4.78 is 0. The van der Waals surface area contributed by atoms with Crippen molar-refractivity contribution in [3.05, 3.63) is 0 Å². The highest BCUT2D eigenvalue weighted by Gasteiger charge is 2.23. The second-order valence-corrected chi connectivity index (χ2v) is 4.09. The summed E-state index contributed by atoms with van der Waals surface area (Å²) in [5, 5.41) is 8.48. The standard InChI is InChI=1S/C11H20N4O/c1-2-10(13)11(16)15-8-6-14(7-9-15)5-3-4-12/h10H,2-3,5-9,13H2,1H3. The van der Waals surface area contributed by atoms with Crippen molar-refractivity contribution in [3.63, 3.8) is 0 Å². The topological polar surface area (TPSA) is 73.4 Å². The highest BCUT2D eigenvalue weighted by atomic mass is 16.2. The minimum atomic E-state index is -0.356. The van der Waals surface area contributed by atoms with Crippen LogP contribution >= 0.6 is 0 Å². The van der Waals surface area contributed by atoms with Gasteiger partial charge in [-0.05, 0) is 6.42 Å². The van der Waals surface area contributed by atoms with Gasteiger partial charge in [-0.15, -0.1) is 0 Å². The smallest absolute Gasteiger partial charge is 0.239 e. The quantitative estimate of drug-likeness (QED) is 0.716. The van der Waals surface area contributed by atoms with E-state index in [1.54, 1.807) is 0 Å². The Bertz CT molecular complexity index is 266. The van der Waals surface area contributed by atoms with Gasteiger partial charge in [-0.2, -0.15) is 5.26 Å². The lowest BCUT2D eigenvalue weighted by atomic mass is 10.2. The SMILES string of the molecule is CCC(N)C(=O)N1CCN(CCC#N)CC1. The van der Waals surface area contributed by atoms with Crippen LogP contribution in [0.5, 0.6) is 0 Å². The predicted molar refractivity (Wildman–Crippen MR) is 61.5 cm³/mol. The van der Waals surface area contributed by atoms with Crippen LogP contribution in [-0.2, 0) is 4.79 Å². The van der Waals surface area contributed by atoms with Crippen LogP contribution in [0.15, 0.2) is 0 Å². The fourth-order valence-electron chi connectivity index (χ4n) is 1.81. The lowest BCUT2D eigenvalue weighted by Crippen LogP contribution is -2.53. The lowest BCUT2D eigenvalue weighted by molar-refractivity contribution is -0.134. The average Bonchev–Trinajstić information content (AvgIpc) is 2.35. The average molecular weight is 224 g/mol. The summed E-state index contributed by atoms with van der Waals surface area (Å²) in [6.45, 7) is 5.90. The van der Waals surface area contributed by atoms with E-state index in [0.717, 1.165) is 32.7 Å². The van der Waals surface area contributed by atoms with Crippen molar-refractivity contribution in [1.29, 1.82) is 5.26 Å². The molecule has 0 aromatic heterocycles. The van der Waals surface area contributed by atoms with E-state index in [1.807, 2.05) is 11.8 Å². The van der Waals surface area contributed by atoms with E-state index in [9.17, 15) is 4.79 Å². The third-order valence-electron chi connectivity index (χ3n) is 2.98. The van der Waals surface area contributed by atoms with Gasteiger partial charge in [0.05, 0.1) is 12.1 Å². The van der Waals surface area contributed by atoms with Gasteiger partial charge in [0.1, 0.15) is 0 Å². The Hall–Kier alpha value is -1.12. The number of piperazine rings is 1. The molecule has 0 bridgehead atoms. The van der Waals surface area contributed by atoms with Crippen molar-refractivity contribution in [2.24, 2.45) is 5.73 Å². The van der Waals surface area contributed by atoms with Gasteiger partial charge in [-0.3, -0.25) is 9.69 Å². The molecule has 1 amide bonds. The van der Waals surface area contributed by atoms with E-state index in [0.29, 0.717) is 12.8 Å². The molecule has 0 spiro atoms. The third kappa shape index (κ3) is 3.47. The summed E-state index contributed by atoms with van der Waals surface area (Å²) in [6, 6.07) is 1.78. The fourth-order valence-corrected chi connectivity index (χ4v) is 1.81. The first-order valence-electron chi connectivity index (χ1n) is 5.82. The molecule has 1 heterocycles. The Balaban J connectivity index is 2.32.